The van der Waals surface area contributed by atoms with Crippen molar-refractivity contribution in [2.24, 2.45) is 0 Å². The summed E-state index contributed by atoms with van der Waals surface area (Å²) in [5.41, 5.74) is 0.319. The Morgan fingerprint density at radius 3 is 2.89 bits per heavy atom. The van der Waals surface area contributed by atoms with Gasteiger partial charge in [-0.25, -0.2) is 9.78 Å². The molecule has 1 aliphatic heterocycles. The first-order valence-corrected chi connectivity index (χ1v) is 9.41. The lowest BCUT2D eigenvalue weighted by molar-refractivity contribution is -0.155. The van der Waals surface area contributed by atoms with Gasteiger partial charge in [0.05, 0.1) is 12.0 Å². The standard InChI is InChI=1S/C17H16ClN3O5S/c1-10(22)21-12(9-27-16(21)13-5-3-7-25-13)17(24)26-8-14(23)20-11-4-2-6-19-15(11)18/h2-7,12,16H,8-9H2,1H3,(H,20,23)/t12-,16-/m0/s1. The van der Waals surface area contributed by atoms with Crippen LogP contribution in [0.25, 0.3) is 0 Å². The highest BCUT2D eigenvalue weighted by molar-refractivity contribution is 7.99. The summed E-state index contributed by atoms with van der Waals surface area (Å²) in [5.74, 6) is -0.565. The lowest BCUT2D eigenvalue weighted by atomic mass is 10.2. The summed E-state index contributed by atoms with van der Waals surface area (Å²) < 4.78 is 10.4. The number of furan rings is 1. The molecule has 0 bridgehead atoms. The molecule has 1 aliphatic rings. The van der Waals surface area contributed by atoms with Gasteiger partial charge in [0.1, 0.15) is 17.2 Å². The number of carbonyl (C=O) groups is 3. The Morgan fingerprint density at radius 2 is 2.22 bits per heavy atom. The smallest absolute Gasteiger partial charge is 0.330 e. The third-order valence-electron chi connectivity index (χ3n) is 3.80. The number of nitrogens with zero attached hydrogens (tertiary/aromatic N) is 2. The zero-order valence-corrected chi connectivity index (χ0v) is 15.8. The van der Waals surface area contributed by atoms with Crippen LogP contribution in [0.3, 0.4) is 0 Å². The van der Waals surface area contributed by atoms with Gasteiger partial charge >= 0.3 is 5.97 Å². The average molecular weight is 410 g/mol. The van der Waals surface area contributed by atoms with E-state index in [-0.39, 0.29) is 11.1 Å². The molecule has 1 fully saturated rings. The molecule has 0 aliphatic carbocycles. The molecule has 2 aromatic rings. The minimum atomic E-state index is -0.794. The number of ether oxygens (including phenoxy) is 1. The molecule has 2 amide bonds. The minimum Gasteiger partial charge on any atom is -0.466 e. The van der Waals surface area contributed by atoms with Gasteiger partial charge in [0, 0.05) is 18.9 Å². The Labute approximate surface area is 164 Å². The van der Waals surface area contributed by atoms with Crippen molar-refractivity contribution in [3.8, 4) is 0 Å². The Morgan fingerprint density at radius 1 is 1.41 bits per heavy atom. The Balaban J connectivity index is 1.59. The number of aromatic nitrogens is 1. The molecule has 142 valence electrons. The monoisotopic (exact) mass is 409 g/mol. The zero-order valence-electron chi connectivity index (χ0n) is 14.3. The molecule has 3 heterocycles. The molecule has 0 aromatic carbocycles. The molecule has 1 saturated heterocycles. The van der Waals surface area contributed by atoms with Crippen molar-refractivity contribution in [2.75, 3.05) is 17.7 Å². The first-order valence-electron chi connectivity index (χ1n) is 7.98. The first kappa shape index (κ1) is 19.2. The van der Waals surface area contributed by atoms with Gasteiger partial charge in [-0.3, -0.25) is 9.59 Å². The highest BCUT2D eigenvalue weighted by Gasteiger charge is 2.43. The van der Waals surface area contributed by atoms with Crippen LogP contribution in [0.4, 0.5) is 5.69 Å². The van der Waals surface area contributed by atoms with Crippen LogP contribution in [-0.2, 0) is 19.1 Å². The molecule has 0 saturated carbocycles. The van der Waals surface area contributed by atoms with Crippen molar-refractivity contribution >= 4 is 46.8 Å². The van der Waals surface area contributed by atoms with Gasteiger partial charge in [0.2, 0.25) is 5.91 Å². The number of hydrogen-bond donors (Lipinski definition) is 1. The Bertz CT molecular complexity index is 845. The van der Waals surface area contributed by atoms with Gasteiger partial charge in [-0.1, -0.05) is 11.6 Å². The number of esters is 1. The van der Waals surface area contributed by atoms with Crippen molar-refractivity contribution in [3.05, 3.63) is 47.6 Å². The second-order valence-corrected chi connectivity index (χ2v) is 7.11. The molecule has 0 unspecified atom stereocenters. The molecule has 27 heavy (non-hydrogen) atoms. The van der Waals surface area contributed by atoms with E-state index in [0.29, 0.717) is 17.2 Å². The van der Waals surface area contributed by atoms with E-state index in [9.17, 15) is 14.4 Å². The number of thioether (sulfide) groups is 1. The fraction of sp³-hybridized carbons (Fsp3) is 0.294. The molecule has 1 N–H and O–H groups in total. The molecule has 0 spiro atoms. The van der Waals surface area contributed by atoms with Crippen LogP contribution in [0.15, 0.2) is 41.1 Å². The second kappa shape index (κ2) is 8.45. The molecule has 8 nitrogen and oxygen atoms in total. The summed E-state index contributed by atoms with van der Waals surface area (Å²) in [6.07, 6.45) is 3.00. The van der Waals surface area contributed by atoms with Crippen LogP contribution < -0.4 is 5.32 Å². The fourth-order valence-electron chi connectivity index (χ4n) is 2.62. The van der Waals surface area contributed by atoms with E-state index < -0.39 is 29.9 Å². The number of pyridine rings is 1. The van der Waals surface area contributed by atoms with Crippen LogP contribution in [0.2, 0.25) is 5.15 Å². The topological polar surface area (TPSA) is 102 Å². The molecular formula is C17H16ClN3O5S. The van der Waals surface area contributed by atoms with Crippen molar-refractivity contribution in [1.82, 2.24) is 9.88 Å². The lowest BCUT2D eigenvalue weighted by Gasteiger charge is -2.25. The summed E-state index contributed by atoms with van der Waals surface area (Å²) in [4.78, 5) is 41.7. The van der Waals surface area contributed by atoms with E-state index in [0.717, 1.165) is 0 Å². The van der Waals surface area contributed by atoms with Gasteiger partial charge in [0.15, 0.2) is 11.8 Å². The van der Waals surface area contributed by atoms with Gasteiger partial charge < -0.3 is 19.4 Å². The van der Waals surface area contributed by atoms with Crippen LogP contribution >= 0.6 is 23.4 Å². The van der Waals surface area contributed by atoms with E-state index in [2.05, 4.69) is 10.3 Å². The summed E-state index contributed by atoms with van der Waals surface area (Å²) in [7, 11) is 0. The predicted molar refractivity (Wildman–Crippen MR) is 99.1 cm³/mol. The molecule has 10 heteroatoms. The molecule has 2 atom stereocenters. The SMILES string of the molecule is CC(=O)N1[C@H](C(=O)OCC(=O)Nc2cccnc2Cl)CS[C@H]1c1ccco1. The van der Waals surface area contributed by atoms with E-state index in [1.807, 2.05) is 0 Å². The third-order valence-corrected chi connectivity index (χ3v) is 5.39. The zero-order chi connectivity index (χ0) is 19.4. The first-order chi connectivity index (χ1) is 13.0. The quantitative estimate of drug-likeness (QED) is 0.597. The normalized spacial score (nSPS) is 19.0. The van der Waals surface area contributed by atoms with E-state index >= 15 is 0 Å². The summed E-state index contributed by atoms with van der Waals surface area (Å²) in [6, 6.07) is 5.86. The number of hydrogen-bond acceptors (Lipinski definition) is 7. The maximum atomic E-state index is 12.4. The maximum absolute atomic E-state index is 12.4. The van der Waals surface area contributed by atoms with Gasteiger partial charge in [-0.05, 0) is 24.3 Å². The van der Waals surface area contributed by atoms with E-state index in [1.54, 1.807) is 24.3 Å². The fourth-order valence-corrected chi connectivity index (χ4v) is 4.20. The van der Waals surface area contributed by atoms with Crippen molar-refractivity contribution in [1.29, 1.82) is 0 Å². The number of nitrogens with one attached hydrogen (secondary N) is 1. The molecule has 2 aromatic heterocycles. The predicted octanol–water partition coefficient (Wildman–Crippen LogP) is 2.47. The van der Waals surface area contributed by atoms with Gasteiger partial charge in [0.25, 0.3) is 5.91 Å². The maximum Gasteiger partial charge on any atom is 0.330 e. The molecule has 3 rings (SSSR count). The Kier molecular flexibility index (Phi) is 6.02. The second-order valence-electron chi connectivity index (χ2n) is 5.64. The number of rotatable bonds is 5. The highest BCUT2D eigenvalue weighted by Crippen LogP contribution is 2.41. The molecule has 0 radical (unpaired) electrons. The van der Waals surface area contributed by atoms with Crippen LogP contribution in [0.1, 0.15) is 18.1 Å². The van der Waals surface area contributed by atoms with Crippen LogP contribution in [-0.4, -0.2) is 46.1 Å². The van der Waals surface area contributed by atoms with Crippen LogP contribution in [0, 0.1) is 0 Å². The number of amides is 2. The Hall–Kier alpha value is -2.52. The highest BCUT2D eigenvalue weighted by atomic mass is 35.5. The van der Waals surface area contributed by atoms with Gasteiger partial charge in [-0.2, -0.15) is 0 Å². The van der Waals surface area contributed by atoms with Crippen molar-refractivity contribution in [3.63, 3.8) is 0 Å². The minimum absolute atomic E-state index is 0.133. The van der Waals surface area contributed by atoms with Crippen LogP contribution in [0.5, 0.6) is 0 Å². The molecular weight excluding hydrogens is 394 g/mol. The van der Waals surface area contributed by atoms with E-state index in [4.69, 9.17) is 20.8 Å². The number of halogens is 1. The van der Waals surface area contributed by atoms with Crippen molar-refractivity contribution < 1.29 is 23.5 Å². The summed E-state index contributed by atoms with van der Waals surface area (Å²) in [5, 5.41) is 2.24. The number of anilines is 1. The number of carbonyl (C=O) groups excluding carboxylic acids is 3. The average Bonchev–Trinajstić information content (AvgIpc) is 3.30. The summed E-state index contributed by atoms with van der Waals surface area (Å²) >= 11 is 7.26. The largest absolute Gasteiger partial charge is 0.466 e. The third kappa shape index (κ3) is 4.42. The summed E-state index contributed by atoms with van der Waals surface area (Å²) in [6.45, 7) is 0.877. The van der Waals surface area contributed by atoms with Gasteiger partial charge in [-0.15, -0.1) is 11.8 Å². The van der Waals surface area contributed by atoms with Crippen molar-refractivity contribution in [2.45, 2.75) is 18.3 Å². The lowest BCUT2D eigenvalue weighted by Crippen LogP contribution is -2.43. The van der Waals surface area contributed by atoms with E-state index in [1.165, 1.54) is 36.0 Å².